The summed E-state index contributed by atoms with van der Waals surface area (Å²) in [5.41, 5.74) is -0.462. The third-order valence-electron chi connectivity index (χ3n) is 2.19. The predicted octanol–water partition coefficient (Wildman–Crippen LogP) is -0.156. The van der Waals surface area contributed by atoms with Crippen LogP contribution in [0.5, 0.6) is 0 Å². The Balaban J connectivity index is 2.82. The van der Waals surface area contributed by atoms with Gasteiger partial charge in [0.1, 0.15) is 0 Å². The zero-order chi connectivity index (χ0) is 11.7. The lowest BCUT2D eigenvalue weighted by molar-refractivity contribution is -0.136. The second kappa shape index (κ2) is 3.65. The van der Waals surface area contributed by atoms with Gasteiger partial charge in [-0.05, 0) is 11.6 Å². The Kier molecular flexibility index (Phi) is 2.32. The number of H-pyrrole nitrogens is 2. The first-order valence-corrected chi connectivity index (χ1v) is 4.54. The van der Waals surface area contributed by atoms with Crippen LogP contribution in [0.4, 0.5) is 0 Å². The zero-order valence-corrected chi connectivity index (χ0v) is 8.11. The summed E-state index contributed by atoms with van der Waals surface area (Å²) in [5.74, 6) is -1.03. The van der Waals surface area contributed by atoms with Gasteiger partial charge in [0, 0.05) is 0 Å². The molecular weight excluding hydrogens is 212 g/mol. The van der Waals surface area contributed by atoms with E-state index in [2.05, 4.69) is 9.97 Å². The lowest BCUT2D eigenvalue weighted by atomic mass is 10.1. The molecule has 82 valence electrons. The number of aliphatic carboxylic acids is 1. The van der Waals surface area contributed by atoms with Gasteiger partial charge in [-0.2, -0.15) is 0 Å². The van der Waals surface area contributed by atoms with Gasteiger partial charge in [-0.1, -0.05) is 12.1 Å². The summed E-state index contributed by atoms with van der Waals surface area (Å²) in [4.78, 5) is 37.7. The number of fused-ring (bicyclic) bond motifs is 1. The monoisotopic (exact) mass is 220 g/mol. The lowest BCUT2D eigenvalue weighted by Gasteiger charge is -2.01. The molecule has 1 aromatic heterocycles. The number of carbonyl (C=O) groups is 1. The molecule has 1 heterocycles. The quantitative estimate of drug-likeness (QED) is 0.654. The van der Waals surface area contributed by atoms with Gasteiger partial charge >= 0.3 is 11.7 Å². The highest BCUT2D eigenvalue weighted by molar-refractivity contribution is 5.85. The van der Waals surface area contributed by atoms with Crippen molar-refractivity contribution in [1.29, 1.82) is 0 Å². The van der Waals surface area contributed by atoms with Gasteiger partial charge in [0.25, 0.3) is 5.56 Å². The minimum absolute atomic E-state index is 0.213. The Hall–Kier alpha value is -2.37. The maximum Gasteiger partial charge on any atom is 0.326 e. The molecule has 0 radical (unpaired) electrons. The molecule has 2 aromatic rings. The van der Waals surface area contributed by atoms with E-state index in [1.54, 1.807) is 18.2 Å². The van der Waals surface area contributed by atoms with Gasteiger partial charge in [0.2, 0.25) is 0 Å². The number of benzene rings is 1. The Bertz CT molecular complexity index is 668. The van der Waals surface area contributed by atoms with Crippen molar-refractivity contribution in [2.24, 2.45) is 0 Å². The van der Waals surface area contributed by atoms with Gasteiger partial charge in [-0.25, -0.2) is 4.79 Å². The number of aromatic nitrogens is 2. The Morgan fingerprint density at radius 1 is 1.25 bits per heavy atom. The zero-order valence-electron chi connectivity index (χ0n) is 8.11. The Morgan fingerprint density at radius 3 is 2.69 bits per heavy atom. The second-order valence-electron chi connectivity index (χ2n) is 3.32. The van der Waals surface area contributed by atoms with Crippen molar-refractivity contribution < 1.29 is 9.90 Å². The normalized spacial score (nSPS) is 10.5. The molecular formula is C10H8N2O4. The molecule has 0 unspecified atom stereocenters. The maximum absolute atomic E-state index is 11.5. The van der Waals surface area contributed by atoms with Crippen molar-refractivity contribution in [2.75, 3.05) is 0 Å². The molecule has 0 aliphatic rings. The largest absolute Gasteiger partial charge is 0.481 e. The van der Waals surface area contributed by atoms with Crippen LogP contribution in [0, 0.1) is 0 Å². The molecule has 16 heavy (non-hydrogen) atoms. The molecule has 0 atom stereocenters. The summed E-state index contributed by atoms with van der Waals surface area (Å²) in [6.45, 7) is 0. The van der Waals surface area contributed by atoms with Crippen LogP contribution in [0.25, 0.3) is 10.9 Å². The number of rotatable bonds is 2. The SMILES string of the molecule is O=C(O)Cc1cccc2[nH]c(=O)[nH]c(=O)c12. The lowest BCUT2D eigenvalue weighted by Crippen LogP contribution is -2.23. The highest BCUT2D eigenvalue weighted by atomic mass is 16.4. The third-order valence-corrected chi connectivity index (χ3v) is 2.19. The van der Waals surface area contributed by atoms with Crippen LogP contribution in [-0.2, 0) is 11.2 Å². The van der Waals surface area contributed by atoms with Crippen LogP contribution < -0.4 is 11.2 Å². The molecule has 0 saturated carbocycles. The fourth-order valence-corrected chi connectivity index (χ4v) is 1.60. The molecule has 0 saturated heterocycles. The van der Waals surface area contributed by atoms with E-state index in [1.807, 2.05) is 0 Å². The highest BCUT2D eigenvalue weighted by Crippen LogP contribution is 2.11. The van der Waals surface area contributed by atoms with Crippen LogP contribution in [-0.4, -0.2) is 21.0 Å². The first-order chi connectivity index (χ1) is 7.58. The Morgan fingerprint density at radius 2 is 2.00 bits per heavy atom. The van der Waals surface area contributed by atoms with E-state index in [0.29, 0.717) is 11.1 Å². The van der Waals surface area contributed by atoms with Crippen LogP contribution >= 0.6 is 0 Å². The highest BCUT2D eigenvalue weighted by Gasteiger charge is 2.09. The van der Waals surface area contributed by atoms with Crippen LogP contribution in [0.1, 0.15) is 5.56 Å². The molecule has 0 fully saturated rings. The Labute approximate surface area is 88.6 Å². The minimum Gasteiger partial charge on any atom is -0.481 e. The van der Waals surface area contributed by atoms with Crippen molar-refractivity contribution >= 4 is 16.9 Å². The van der Waals surface area contributed by atoms with E-state index in [9.17, 15) is 14.4 Å². The fourth-order valence-electron chi connectivity index (χ4n) is 1.60. The summed E-state index contributed by atoms with van der Waals surface area (Å²) >= 11 is 0. The van der Waals surface area contributed by atoms with E-state index in [-0.39, 0.29) is 11.8 Å². The van der Waals surface area contributed by atoms with E-state index >= 15 is 0 Å². The van der Waals surface area contributed by atoms with Gasteiger partial charge in [-0.3, -0.25) is 14.6 Å². The number of nitrogens with one attached hydrogen (secondary N) is 2. The minimum atomic E-state index is -1.03. The van der Waals surface area contributed by atoms with Crippen molar-refractivity contribution in [3.05, 3.63) is 44.6 Å². The average molecular weight is 220 g/mol. The first kappa shape index (κ1) is 10.2. The van der Waals surface area contributed by atoms with E-state index < -0.39 is 17.2 Å². The van der Waals surface area contributed by atoms with E-state index in [4.69, 9.17) is 5.11 Å². The molecule has 0 aliphatic carbocycles. The van der Waals surface area contributed by atoms with Crippen LogP contribution in [0.2, 0.25) is 0 Å². The molecule has 3 N–H and O–H groups in total. The molecule has 0 aliphatic heterocycles. The smallest absolute Gasteiger partial charge is 0.326 e. The number of carboxylic acid groups (broad SMARTS) is 1. The van der Waals surface area contributed by atoms with Gasteiger partial charge in [0.05, 0.1) is 17.3 Å². The molecule has 1 aromatic carbocycles. The van der Waals surface area contributed by atoms with E-state index in [1.165, 1.54) is 0 Å². The van der Waals surface area contributed by atoms with Crippen molar-refractivity contribution in [2.45, 2.75) is 6.42 Å². The molecule has 6 heteroatoms. The van der Waals surface area contributed by atoms with Crippen molar-refractivity contribution in [3.8, 4) is 0 Å². The average Bonchev–Trinajstić information content (AvgIpc) is 2.15. The fraction of sp³-hybridized carbons (Fsp3) is 0.100. The van der Waals surface area contributed by atoms with Gasteiger partial charge < -0.3 is 10.1 Å². The summed E-state index contributed by atoms with van der Waals surface area (Å²) in [6.07, 6.45) is -0.257. The predicted molar refractivity (Wildman–Crippen MR) is 56.5 cm³/mol. The summed E-state index contributed by atoms with van der Waals surface area (Å²) in [6, 6.07) is 4.69. The van der Waals surface area contributed by atoms with Gasteiger partial charge in [-0.15, -0.1) is 0 Å². The molecule has 0 spiro atoms. The second-order valence-corrected chi connectivity index (χ2v) is 3.32. The number of hydrogen-bond acceptors (Lipinski definition) is 3. The van der Waals surface area contributed by atoms with E-state index in [0.717, 1.165) is 0 Å². The topological polar surface area (TPSA) is 103 Å². The molecule has 0 amide bonds. The van der Waals surface area contributed by atoms with Crippen LogP contribution in [0.3, 0.4) is 0 Å². The van der Waals surface area contributed by atoms with Crippen LogP contribution in [0.15, 0.2) is 27.8 Å². The van der Waals surface area contributed by atoms with Gasteiger partial charge in [0.15, 0.2) is 0 Å². The van der Waals surface area contributed by atoms with Crippen molar-refractivity contribution in [1.82, 2.24) is 9.97 Å². The third kappa shape index (κ3) is 1.72. The molecule has 2 rings (SSSR count). The molecule has 0 bridgehead atoms. The number of carboxylic acids is 1. The first-order valence-electron chi connectivity index (χ1n) is 4.54. The standard InChI is InChI=1S/C10H8N2O4/c13-7(14)4-5-2-1-3-6-8(5)9(15)12-10(16)11-6/h1-3H,4H2,(H,13,14)(H2,11,12,15,16). The number of hydrogen-bond donors (Lipinski definition) is 3. The van der Waals surface area contributed by atoms with Crippen molar-refractivity contribution in [3.63, 3.8) is 0 Å². The summed E-state index contributed by atoms with van der Waals surface area (Å²) in [5, 5.41) is 8.90. The number of aromatic amines is 2. The maximum atomic E-state index is 11.5. The summed E-state index contributed by atoms with van der Waals surface area (Å²) in [7, 11) is 0. The summed E-state index contributed by atoms with van der Waals surface area (Å²) < 4.78 is 0. The molecule has 6 nitrogen and oxygen atoms in total.